The predicted octanol–water partition coefficient (Wildman–Crippen LogP) is 10.4. The van der Waals surface area contributed by atoms with Crippen LogP contribution in [0.5, 0.6) is 11.5 Å². The minimum absolute atomic E-state index is 0.0367. The van der Waals surface area contributed by atoms with E-state index in [1.54, 1.807) is 0 Å². The molecule has 2 saturated heterocycles. The highest BCUT2D eigenvalue weighted by atomic mass is 16.6. The topological polar surface area (TPSA) is 43.5 Å². The molecule has 2 heterocycles. The van der Waals surface area contributed by atoms with Crippen molar-refractivity contribution in [3.8, 4) is 22.6 Å². The number of ether oxygens (including phenoxy) is 4. The summed E-state index contributed by atoms with van der Waals surface area (Å²) in [5, 5.41) is 0. The molecule has 0 bridgehead atoms. The second-order valence-corrected chi connectivity index (χ2v) is 15.9. The maximum atomic E-state index is 6.75. The molecule has 0 radical (unpaired) electrons. The Morgan fingerprint density at radius 2 is 0.773 bits per heavy atom. The lowest BCUT2D eigenvalue weighted by molar-refractivity contribution is 0.268. The van der Waals surface area contributed by atoms with Gasteiger partial charge < -0.3 is 18.9 Å². The first-order chi connectivity index (χ1) is 20.6. The molecule has 0 amide bonds. The fourth-order valence-electron chi connectivity index (χ4n) is 5.73. The van der Waals surface area contributed by atoms with Gasteiger partial charge in [0, 0.05) is 35.1 Å². The van der Waals surface area contributed by atoms with Crippen molar-refractivity contribution in [1.82, 2.24) is 0 Å². The summed E-state index contributed by atoms with van der Waals surface area (Å²) in [6.07, 6.45) is 6.73. The molecule has 2 aliphatic rings. The maximum absolute atomic E-state index is 6.75. The summed E-state index contributed by atoms with van der Waals surface area (Å²) in [5.41, 5.74) is 7.63. The molecule has 4 heteroatoms. The van der Waals surface area contributed by atoms with Gasteiger partial charge >= 0.3 is 0 Å². The van der Waals surface area contributed by atoms with Gasteiger partial charge in [0.05, 0.1) is 38.6 Å². The molecule has 0 aromatic heterocycles. The van der Waals surface area contributed by atoms with E-state index in [1.165, 1.54) is 33.4 Å². The average molecular weight is 607 g/mol. The SMILES string of the molecule is CCC(C)(C)c1cc(-c2cc(C(C)(C)CC)c(OCCC3CO3)c(C(C)(C)CC)c2)cc(C(C)(C)CC)c1OCCC1CO1. The molecule has 0 saturated carbocycles. The van der Waals surface area contributed by atoms with Gasteiger partial charge in [0.2, 0.25) is 0 Å². The zero-order valence-corrected chi connectivity index (χ0v) is 30.2. The fraction of sp³-hybridized carbons (Fsp3) is 0.700. The van der Waals surface area contributed by atoms with E-state index in [0.29, 0.717) is 25.4 Å². The highest BCUT2D eigenvalue weighted by Crippen LogP contribution is 2.49. The van der Waals surface area contributed by atoms with Crippen molar-refractivity contribution in [3.05, 3.63) is 46.5 Å². The average Bonchev–Trinajstić information content (AvgIpc) is 3.93. The van der Waals surface area contributed by atoms with Crippen molar-refractivity contribution in [1.29, 1.82) is 0 Å². The van der Waals surface area contributed by atoms with E-state index >= 15 is 0 Å². The number of hydrogen-bond acceptors (Lipinski definition) is 4. The van der Waals surface area contributed by atoms with Crippen LogP contribution in [-0.4, -0.2) is 38.6 Å². The molecule has 2 fully saturated rings. The van der Waals surface area contributed by atoms with Gasteiger partial charge in [0.1, 0.15) is 11.5 Å². The van der Waals surface area contributed by atoms with Gasteiger partial charge in [-0.25, -0.2) is 0 Å². The van der Waals surface area contributed by atoms with E-state index in [-0.39, 0.29) is 21.7 Å². The summed E-state index contributed by atoms with van der Waals surface area (Å²) >= 11 is 0. The fourth-order valence-corrected chi connectivity index (χ4v) is 5.73. The summed E-state index contributed by atoms with van der Waals surface area (Å²) < 4.78 is 24.5. The van der Waals surface area contributed by atoms with Crippen LogP contribution in [0.3, 0.4) is 0 Å². The molecule has 2 atom stereocenters. The zero-order chi connectivity index (χ0) is 32.5. The van der Waals surface area contributed by atoms with Crippen molar-refractivity contribution in [3.63, 3.8) is 0 Å². The maximum Gasteiger partial charge on any atom is 0.126 e. The molecule has 2 aromatic rings. The van der Waals surface area contributed by atoms with Crippen molar-refractivity contribution >= 4 is 0 Å². The summed E-state index contributed by atoms with van der Waals surface area (Å²) in [7, 11) is 0. The first kappa shape index (κ1) is 34.8. The molecule has 246 valence electrons. The van der Waals surface area contributed by atoms with Crippen LogP contribution in [0.15, 0.2) is 24.3 Å². The van der Waals surface area contributed by atoms with E-state index in [1.807, 2.05) is 0 Å². The Bertz CT molecular complexity index is 1100. The quantitative estimate of drug-likeness (QED) is 0.168. The van der Waals surface area contributed by atoms with Gasteiger partial charge in [0.25, 0.3) is 0 Å². The lowest BCUT2D eigenvalue weighted by atomic mass is 9.72. The Hall–Kier alpha value is -2.04. The third-order valence-electron chi connectivity index (χ3n) is 11.1. The second-order valence-electron chi connectivity index (χ2n) is 15.9. The van der Waals surface area contributed by atoms with Gasteiger partial charge in [0.15, 0.2) is 0 Å². The molecule has 2 aromatic carbocycles. The summed E-state index contributed by atoms with van der Waals surface area (Å²) in [6.45, 7) is 31.2. The Morgan fingerprint density at radius 1 is 0.523 bits per heavy atom. The first-order valence-electron chi connectivity index (χ1n) is 17.5. The highest BCUT2D eigenvalue weighted by Gasteiger charge is 2.35. The number of benzene rings is 2. The smallest absolute Gasteiger partial charge is 0.126 e. The number of epoxide rings is 2. The highest BCUT2D eigenvalue weighted by molar-refractivity contribution is 5.73. The molecular formula is C40H62O4. The third-order valence-corrected chi connectivity index (χ3v) is 11.1. The van der Waals surface area contributed by atoms with Gasteiger partial charge in [-0.3, -0.25) is 0 Å². The normalized spacial score (nSPS) is 18.8. The van der Waals surface area contributed by atoms with Crippen LogP contribution >= 0.6 is 0 Å². The Morgan fingerprint density at radius 3 is 0.977 bits per heavy atom. The molecule has 2 unspecified atom stereocenters. The summed E-state index contributed by atoms with van der Waals surface area (Å²) in [6, 6.07) is 9.75. The Balaban J connectivity index is 1.97. The van der Waals surface area contributed by atoms with Crippen molar-refractivity contribution in [2.24, 2.45) is 0 Å². The van der Waals surface area contributed by atoms with E-state index in [9.17, 15) is 0 Å². The Kier molecular flexibility index (Phi) is 10.6. The Labute approximate surface area is 269 Å². The number of hydrogen-bond donors (Lipinski definition) is 0. The lowest BCUT2D eigenvalue weighted by Crippen LogP contribution is -2.24. The van der Waals surface area contributed by atoms with Crippen LogP contribution in [0.1, 0.15) is 144 Å². The molecule has 0 N–H and O–H groups in total. The molecule has 44 heavy (non-hydrogen) atoms. The van der Waals surface area contributed by atoms with Gasteiger partial charge in [-0.2, -0.15) is 0 Å². The van der Waals surface area contributed by atoms with Gasteiger partial charge in [-0.15, -0.1) is 0 Å². The molecule has 4 rings (SSSR count). The lowest BCUT2D eigenvalue weighted by Gasteiger charge is -2.35. The monoisotopic (exact) mass is 606 g/mol. The van der Waals surface area contributed by atoms with Crippen molar-refractivity contribution < 1.29 is 18.9 Å². The van der Waals surface area contributed by atoms with E-state index in [4.69, 9.17) is 18.9 Å². The van der Waals surface area contributed by atoms with E-state index < -0.39 is 0 Å². The molecule has 4 nitrogen and oxygen atoms in total. The first-order valence-corrected chi connectivity index (χ1v) is 17.5. The van der Waals surface area contributed by atoms with Crippen LogP contribution in [0.2, 0.25) is 0 Å². The van der Waals surface area contributed by atoms with Gasteiger partial charge in [-0.05, 0) is 82.7 Å². The summed E-state index contributed by atoms with van der Waals surface area (Å²) in [5.74, 6) is 2.16. The minimum Gasteiger partial charge on any atom is -0.493 e. The summed E-state index contributed by atoms with van der Waals surface area (Å²) in [4.78, 5) is 0. The standard InChI is InChI=1S/C40H62O4/c1-13-37(5,6)31-21-27(22-32(38(7,8)14-2)35(31)41-19-17-29-25-43-29)28-23-33(39(9,10)15-3)36(42-20-18-30-26-44-30)34(24-28)40(11,12)16-4/h21-24,29-30H,13-20,25-26H2,1-12H3. The molecular weight excluding hydrogens is 544 g/mol. The van der Waals surface area contributed by atoms with Crippen molar-refractivity contribution in [2.75, 3.05) is 26.4 Å². The zero-order valence-electron chi connectivity index (χ0n) is 30.2. The van der Waals surface area contributed by atoms with E-state index in [0.717, 1.165) is 63.2 Å². The predicted molar refractivity (Wildman–Crippen MR) is 185 cm³/mol. The van der Waals surface area contributed by atoms with Crippen molar-refractivity contribution in [2.45, 2.75) is 155 Å². The van der Waals surface area contributed by atoms with E-state index in [2.05, 4.69) is 107 Å². The second kappa shape index (κ2) is 13.4. The minimum atomic E-state index is -0.0367. The van der Waals surface area contributed by atoms with Gasteiger partial charge in [-0.1, -0.05) is 83.1 Å². The van der Waals surface area contributed by atoms with Crippen LogP contribution in [0, 0.1) is 0 Å². The van der Waals surface area contributed by atoms with Crippen LogP contribution in [0.4, 0.5) is 0 Å². The largest absolute Gasteiger partial charge is 0.493 e. The van der Waals surface area contributed by atoms with Crippen LogP contribution < -0.4 is 9.47 Å². The number of rotatable bonds is 17. The molecule has 0 spiro atoms. The third kappa shape index (κ3) is 7.84. The van der Waals surface area contributed by atoms with Crippen LogP contribution in [0.25, 0.3) is 11.1 Å². The van der Waals surface area contributed by atoms with Crippen LogP contribution in [-0.2, 0) is 31.1 Å². The molecule has 0 aliphatic carbocycles. The molecule has 2 aliphatic heterocycles.